The molecule has 1 aliphatic rings. The average Bonchev–Trinajstić information content (AvgIpc) is 2.95. The fraction of sp³-hybridized carbons (Fsp3) is 0.421. The van der Waals surface area contributed by atoms with E-state index < -0.39 is 10.0 Å². The van der Waals surface area contributed by atoms with Gasteiger partial charge in [0.15, 0.2) is 0 Å². The fourth-order valence-electron chi connectivity index (χ4n) is 3.20. The number of piperidine rings is 1. The number of sulfonamides is 1. The van der Waals surface area contributed by atoms with Gasteiger partial charge < -0.3 is 9.88 Å². The summed E-state index contributed by atoms with van der Waals surface area (Å²) in [6, 6.07) is 10.6. The van der Waals surface area contributed by atoms with E-state index in [4.69, 9.17) is 0 Å². The monoisotopic (exact) mass is 375 g/mol. The molecule has 0 aliphatic carbocycles. The minimum atomic E-state index is -3.47. The zero-order valence-corrected chi connectivity index (χ0v) is 16.2. The Morgan fingerprint density at radius 1 is 1.04 bits per heavy atom. The number of hydrogen-bond acceptors (Lipinski definition) is 3. The molecule has 140 valence electrons. The lowest BCUT2D eigenvalue weighted by atomic mass is 10.1. The minimum absolute atomic E-state index is 0.0119. The normalized spacial score (nSPS) is 16.6. The summed E-state index contributed by atoms with van der Waals surface area (Å²) in [5, 5.41) is 3.03. The SMILES string of the molecule is Cc1ccc(S(=O)(=O)N2CCC(NC(=O)c3ccc(C)n3C)CC2)cc1. The van der Waals surface area contributed by atoms with E-state index in [-0.39, 0.29) is 11.9 Å². The first kappa shape index (κ1) is 18.7. The lowest BCUT2D eigenvalue weighted by molar-refractivity contribution is 0.0915. The van der Waals surface area contributed by atoms with E-state index >= 15 is 0 Å². The predicted molar refractivity (Wildman–Crippen MR) is 101 cm³/mol. The van der Waals surface area contributed by atoms with Crippen molar-refractivity contribution in [2.24, 2.45) is 7.05 Å². The third-order valence-electron chi connectivity index (χ3n) is 5.05. The van der Waals surface area contributed by atoms with Crippen molar-refractivity contribution in [2.45, 2.75) is 37.6 Å². The van der Waals surface area contributed by atoms with E-state index in [1.165, 1.54) is 4.31 Å². The molecule has 0 spiro atoms. The molecule has 1 N–H and O–H groups in total. The van der Waals surface area contributed by atoms with Crippen molar-refractivity contribution < 1.29 is 13.2 Å². The second kappa shape index (κ2) is 7.25. The van der Waals surface area contributed by atoms with Gasteiger partial charge in [0.1, 0.15) is 5.69 Å². The van der Waals surface area contributed by atoms with Crippen molar-refractivity contribution in [3.8, 4) is 0 Å². The quantitative estimate of drug-likeness (QED) is 0.891. The van der Waals surface area contributed by atoms with Crippen molar-refractivity contribution in [3.05, 3.63) is 53.3 Å². The number of benzene rings is 1. The van der Waals surface area contributed by atoms with Crippen molar-refractivity contribution in [3.63, 3.8) is 0 Å². The van der Waals surface area contributed by atoms with Crippen LogP contribution in [0.1, 0.15) is 34.6 Å². The van der Waals surface area contributed by atoms with E-state index in [2.05, 4.69) is 5.32 Å². The van der Waals surface area contributed by atoms with Gasteiger partial charge in [-0.25, -0.2) is 8.42 Å². The molecular weight excluding hydrogens is 350 g/mol. The van der Waals surface area contributed by atoms with Crippen LogP contribution >= 0.6 is 0 Å². The number of aromatic nitrogens is 1. The Hall–Kier alpha value is -2.12. The summed E-state index contributed by atoms with van der Waals surface area (Å²) in [5.41, 5.74) is 2.67. The fourth-order valence-corrected chi connectivity index (χ4v) is 4.67. The first-order valence-corrected chi connectivity index (χ1v) is 10.2. The summed E-state index contributed by atoms with van der Waals surface area (Å²) in [5.74, 6) is -0.111. The zero-order chi connectivity index (χ0) is 18.9. The van der Waals surface area contributed by atoms with Crippen LogP contribution < -0.4 is 5.32 Å². The standard InChI is InChI=1S/C19H25N3O3S/c1-14-4-7-17(8-5-14)26(24,25)22-12-10-16(11-13-22)20-19(23)18-9-6-15(2)21(18)3/h4-9,16H,10-13H2,1-3H3,(H,20,23). The second-order valence-electron chi connectivity index (χ2n) is 6.88. The first-order valence-electron chi connectivity index (χ1n) is 8.79. The van der Waals surface area contributed by atoms with Crippen LogP contribution in [-0.2, 0) is 17.1 Å². The van der Waals surface area contributed by atoms with Crippen LogP contribution in [0.3, 0.4) is 0 Å². The van der Waals surface area contributed by atoms with Crippen molar-refractivity contribution >= 4 is 15.9 Å². The summed E-state index contributed by atoms with van der Waals surface area (Å²) in [4.78, 5) is 12.7. The number of nitrogens with zero attached hydrogens (tertiary/aromatic N) is 2. The van der Waals surface area contributed by atoms with Gasteiger partial charge in [-0.3, -0.25) is 4.79 Å². The molecule has 0 radical (unpaired) electrons. The molecule has 0 saturated carbocycles. The molecule has 2 heterocycles. The van der Waals surface area contributed by atoms with Crippen LogP contribution in [0, 0.1) is 13.8 Å². The predicted octanol–water partition coefficient (Wildman–Crippen LogP) is 2.23. The maximum absolute atomic E-state index is 12.7. The van der Waals surface area contributed by atoms with Gasteiger partial charge in [-0.15, -0.1) is 0 Å². The number of aryl methyl sites for hydroxylation is 2. The highest BCUT2D eigenvalue weighted by Gasteiger charge is 2.30. The number of carbonyl (C=O) groups excluding carboxylic acids is 1. The molecule has 6 nitrogen and oxygen atoms in total. The Labute approximate surface area is 154 Å². The third-order valence-corrected chi connectivity index (χ3v) is 6.97. The van der Waals surface area contributed by atoms with Gasteiger partial charge in [0.25, 0.3) is 5.91 Å². The van der Waals surface area contributed by atoms with Gasteiger partial charge in [-0.1, -0.05) is 17.7 Å². The number of nitrogens with one attached hydrogen (secondary N) is 1. The Morgan fingerprint density at radius 3 is 2.19 bits per heavy atom. The molecule has 26 heavy (non-hydrogen) atoms. The van der Waals surface area contributed by atoms with Gasteiger partial charge in [0.2, 0.25) is 10.0 Å². The number of hydrogen-bond donors (Lipinski definition) is 1. The van der Waals surface area contributed by atoms with Crippen molar-refractivity contribution in [1.82, 2.24) is 14.2 Å². The lowest BCUT2D eigenvalue weighted by Gasteiger charge is -2.31. The molecule has 7 heteroatoms. The third kappa shape index (κ3) is 3.68. The van der Waals surface area contributed by atoms with Gasteiger partial charge in [0, 0.05) is 31.9 Å². The molecule has 1 aromatic carbocycles. The maximum atomic E-state index is 12.7. The summed E-state index contributed by atoms with van der Waals surface area (Å²) < 4.78 is 28.8. The molecule has 1 amide bonds. The van der Waals surface area contributed by atoms with Crippen LogP contribution in [0.5, 0.6) is 0 Å². The highest BCUT2D eigenvalue weighted by molar-refractivity contribution is 7.89. The molecule has 0 atom stereocenters. The minimum Gasteiger partial charge on any atom is -0.348 e. The van der Waals surface area contributed by atoms with Gasteiger partial charge in [-0.05, 0) is 51.0 Å². The van der Waals surface area contributed by atoms with E-state index in [1.54, 1.807) is 12.1 Å². The van der Waals surface area contributed by atoms with E-state index in [0.29, 0.717) is 36.5 Å². The van der Waals surface area contributed by atoms with Crippen molar-refractivity contribution in [1.29, 1.82) is 0 Å². The molecule has 2 aromatic rings. The molecule has 1 aliphatic heterocycles. The summed E-state index contributed by atoms with van der Waals surface area (Å²) in [6.07, 6.45) is 1.22. The smallest absolute Gasteiger partial charge is 0.268 e. The molecule has 1 fully saturated rings. The first-order chi connectivity index (χ1) is 12.3. The molecule has 1 aromatic heterocycles. The van der Waals surface area contributed by atoms with E-state index in [9.17, 15) is 13.2 Å². The van der Waals surface area contributed by atoms with Gasteiger partial charge in [-0.2, -0.15) is 4.31 Å². The van der Waals surface area contributed by atoms with E-state index in [0.717, 1.165) is 11.3 Å². The van der Waals surface area contributed by atoms with Gasteiger partial charge in [0.05, 0.1) is 4.90 Å². The topological polar surface area (TPSA) is 71.4 Å². The largest absolute Gasteiger partial charge is 0.348 e. The average molecular weight is 375 g/mol. The molecule has 1 saturated heterocycles. The number of amides is 1. The van der Waals surface area contributed by atoms with Crippen LogP contribution in [0.25, 0.3) is 0 Å². The molecule has 0 unspecified atom stereocenters. The Morgan fingerprint density at radius 2 is 1.65 bits per heavy atom. The van der Waals surface area contributed by atoms with Crippen LogP contribution in [0.4, 0.5) is 0 Å². The molecular formula is C19H25N3O3S. The van der Waals surface area contributed by atoms with Crippen LogP contribution in [0.2, 0.25) is 0 Å². The van der Waals surface area contributed by atoms with Crippen LogP contribution in [0.15, 0.2) is 41.3 Å². The van der Waals surface area contributed by atoms with Crippen molar-refractivity contribution in [2.75, 3.05) is 13.1 Å². The van der Waals surface area contributed by atoms with E-state index in [1.807, 2.05) is 49.7 Å². The number of carbonyl (C=O) groups is 1. The second-order valence-corrected chi connectivity index (χ2v) is 8.82. The lowest BCUT2D eigenvalue weighted by Crippen LogP contribution is -2.46. The van der Waals surface area contributed by atoms with Crippen LogP contribution in [-0.4, -0.2) is 42.3 Å². The summed E-state index contributed by atoms with van der Waals surface area (Å²) in [6.45, 7) is 4.70. The highest BCUT2D eigenvalue weighted by Crippen LogP contribution is 2.21. The Balaban J connectivity index is 1.61. The Bertz CT molecular complexity index is 893. The number of rotatable bonds is 4. The Kier molecular flexibility index (Phi) is 5.20. The maximum Gasteiger partial charge on any atom is 0.268 e. The van der Waals surface area contributed by atoms with Gasteiger partial charge >= 0.3 is 0 Å². The molecule has 3 rings (SSSR count). The summed E-state index contributed by atoms with van der Waals surface area (Å²) >= 11 is 0. The molecule has 0 bridgehead atoms. The summed E-state index contributed by atoms with van der Waals surface area (Å²) in [7, 11) is -1.61. The zero-order valence-electron chi connectivity index (χ0n) is 15.4. The highest BCUT2D eigenvalue weighted by atomic mass is 32.2.